The fourth-order valence-corrected chi connectivity index (χ4v) is 2.33. The van der Waals surface area contributed by atoms with Gasteiger partial charge in [0.25, 0.3) is 0 Å². The van der Waals surface area contributed by atoms with E-state index in [4.69, 9.17) is 10.6 Å². The fraction of sp³-hybridized carbons (Fsp3) is 0.667. The van der Waals surface area contributed by atoms with Crippen LogP contribution in [0.2, 0.25) is 0 Å². The first kappa shape index (κ1) is 12.1. The van der Waals surface area contributed by atoms with Crippen LogP contribution in [-0.4, -0.2) is 16.1 Å². The minimum Gasteiger partial charge on any atom is -0.474 e. The second kappa shape index (κ2) is 5.31. The van der Waals surface area contributed by atoms with Crippen molar-refractivity contribution in [2.75, 3.05) is 5.43 Å². The van der Waals surface area contributed by atoms with Crippen LogP contribution >= 0.6 is 0 Å². The number of aryl methyl sites for hydroxylation is 1. The molecule has 1 aliphatic rings. The molecule has 1 heterocycles. The number of hydrogen-bond donors (Lipinski definition) is 2. The van der Waals surface area contributed by atoms with Gasteiger partial charge in [-0.3, -0.25) is 0 Å². The molecule has 0 spiro atoms. The van der Waals surface area contributed by atoms with Gasteiger partial charge in [-0.15, -0.1) is 0 Å². The van der Waals surface area contributed by atoms with Crippen molar-refractivity contribution in [3.8, 4) is 5.88 Å². The number of anilines is 1. The van der Waals surface area contributed by atoms with Crippen molar-refractivity contribution in [1.29, 1.82) is 0 Å². The molecular weight excluding hydrogens is 216 g/mol. The number of ether oxygens (including phenoxy) is 1. The highest BCUT2D eigenvalue weighted by Gasteiger charge is 2.20. The van der Waals surface area contributed by atoms with E-state index in [9.17, 15) is 0 Å². The summed E-state index contributed by atoms with van der Waals surface area (Å²) in [5.74, 6) is 7.96. The lowest BCUT2D eigenvalue weighted by Gasteiger charge is -2.27. The molecule has 0 aliphatic heterocycles. The molecule has 5 nitrogen and oxygen atoms in total. The maximum atomic E-state index is 5.90. The van der Waals surface area contributed by atoms with Gasteiger partial charge >= 0.3 is 0 Å². The van der Waals surface area contributed by atoms with Crippen molar-refractivity contribution in [3.63, 3.8) is 0 Å². The van der Waals surface area contributed by atoms with Crippen LogP contribution in [0, 0.1) is 12.8 Å². The summed E-state index contributed by atoms with van der Waals surface area (Å²) >= 11 is 0. The Balaban J connectivity index is 2.04. The summed E-state index contributed by atoms with van der Waals surface area (Å²) in [6.07, 6.45) is 5.03. The zero-order valence-corrected chi connectivity index (χ0v) is 10.4. The van der Waals surface area contributed by atoms with Crippen molar-refractivity contribution in [2.24, 2.45) is 11.8 Å². The number of nitrogen functional groups attached to an aromatic ring is 1. The third-order valence-electron chi connectivity index (χ3n) is 3.14. The molecule has 0 radical (unpaired) electrons. The predicted octanol–water partition coefficient (Wildman–Crippen LogP) is 2.03. The summed E-state index contributed by atoms with van der Waals surface area (Å²) in [6.45, 7) is 4.10. The lowest BCUT2D eigenvalue weighted by atomic mass is 9.89. The first-order valence-electron chi connectivity index (χ1n) is 6.16. The summed E-state index contributed by atoms with van der Waals surface area (Å²) in [5.41, 5.74) is 2.52. The molecule has 0 amide bonds. The van der Waals surface area contributed by atoms with Gasteiger partial charge in [0.1, 0.15) is 17.7 Å². The van der Waals surface area contributed by atoms with E-state index >= 15 is 0 Å². The summed E-state index contributed by atoms with van der Waals surface area (Å²) in [6, 6.07) is 1.74. The zero-order valence-electron chi connectivity index (χ0n) is 10.4. The highest BCUT2D eigenvalue weighted by atomic mass is 16.5. The van der Waals surface area contributed by atoms with E-state index in [0.717, 1.165) is 18.8 Å². The molecule has 1 aromatic rings. The van der Waals surface area contributed by atoms with Crippen molar-refractivity contribution in [1.82, 2.24) is 9.97 Å². The molecule has 1 aromatic heterocycles. The van der Waals surface area contributed by atoms with Crippen LogP contribution in [-0.2, 0) is 0 Å². The molecule has 3 N–H and O–H groups in total. The summed E-state index contributed by atoms with van der Waals surface area (Å²) in [5, 5.41) is 0. The highest BCUT2D eigenvalue weighted by Crippen LogP contribution is 2.27. The van der Waals surface area contributed by atoms with Gasteiger partial charge in [0, 0.05) is 6.07 Å². The van der Waals surface area contributed by atoms with Crippen LogP contribution in [0.25, 0.3) is 0 Å². The normalized spacial score (nSPS) is 24.4. The Bertz CT molecular complexity index is 383. The van der Waals surface area contributed by atoms with E-state index in [2.05, 4.69) is 22.3 Å². The third kappa shape index (κ3) is 3.30. The summed E-state index contributed by atoms with van der Waals surface area (Å²) in [4.78, 5) is 8.41. The Labute approximate surface area is 102 Å². The van der Waals surface area contributed by atoms with Gasteiger partial charge in [0.2, 0.25) is 5.88 Å². The second-order valence-corrected chi connectivity index (χ2v) is 4.79. The second-order valence-electron chi connectivity index (χ2n) is 4.79. The molecule has 2 rings (SSSR count). The number of hydrazine groups is 1. The maximum Gasteiger partial charge on any atom is 0.219 e. The fourth-order valence-electron chi connectivity index (χ4n) is 2.33. The van der Waals surface area contributed by atoms with Gasteiger partial charge in [-0.05, 0) is 32.1 Å². The van der Waals surface area contributed by atoms with Gasteiger partial charge in [0.15, 0.2) is 0 Å². The Morgan fingerprint density at radius 1 is 1.41 bits per heavy atom. The zero-order chi connectivity index (χ0) is 12.3. The molecule has 0 saturated heterocycles. The molecule has 0 bridgehead atoms. The lowest BCUT2D eigenvalue weighted by Crippen LogP contribution is -2.24. The van der Waals surface area contributed by atoms with Crippen molar-refractivity contribution >= 4 is 5.82 Å². The lowest BCUT2D eigenvalue weighted by molar-refractivity contribution is 0.123. The number of aromatic nitrogens is 2. The number of nitrogens with two attached hydrogens (primary N) is 1. The molecule has 1 saturated carbocycles. The Morgan fingerprint density at radius 3 is 2.94 bits per heavy atom. The van der Waals surface area contributed by atoms with E-state index in [1.807, 2.05) is 6.92 Å². The van der Waals surface area contributed by atoms with Crippen molar-refractivity contribution < 1.29 is 4.74 Å². The van der Waals surface area contributed by atoms with Gasteiger partial charge in [-0.2, -0.15) is 4.98 Å². The Kier molecular flexibility index (Phi) is 3.78. The number of rotatable bonds is 3. The first-order valence-corrected chi connectivity index (χ1v) is 6.16. The van der Waals surface area contributed by atoms with Crippen LogP contribution in [0.5, 0.6) is 5.88 Å². The van der Waals surface area contributed by atoms with E-state index in [0.29, 0.717) is 17.5 Å². The molecule has 94 valence electrons. The van der Waals surface area contributed by atoms with Gasteiger partial charge < -0.3 is 10.2 Å². The van der Waals surface area contributed by atoms with Gasteiger partial charge in [0.05, 0.1) is 0 Å². The first-order chi connectivity index (χ1) is 8.17. The molecule has 1 aliphatic carbocycles. The monoisotopic (exact) mass is 236 g/mol. The molecular formula is C12H20N4O. The predicted molar refractivity (Wildman–Crippen MR) is 66.6 cm³/mol. The van der Waals surface area contributed by atoms with E-state index in [1.165, 1.54) is 12.8 Å². The van der Waals surface area contributed by atoms with Gasteiger partial charge in [-0.25, -0.2) is 10.8 Å². The van der Waals surface area contributed by atoms with Crippen molar-refractivity contribution in [2.45, 2.75) is 45.6 Å². The minimum atomic E-state index is 0.277. The summed E-state index contributed by atoms with van der Waals surface area (Å²) < 4.78 is 5.90. The largest absolute Gasteiger partial charge is 0.474 e. The standard InChI is InChI=1S/C12H20N4O/c1-8-4-3-5-10(6-8)17-12-7-11(16-13)14-9(2)15-12/h7-8,10H,3-6,13H2,1-2H3,(H,14,15,16). The molecule has 2 atom stereocenters. The molecule has 0 aromatic carbocycles. The van der Waals surface area contributed by atoms with Crippen LogP contribution in [0.3, 0.4) is 0 Å². The Morgan fingerprint density at radius 2 is 2.24 bits per heavy atom. The maximum absolute atomic E-state index is 5.90. The topological polar surface area (TPSA) is 73.1 Å². The van der Waals surface area contributed by atoms with Crippen LogP contribution in [0.4, 0.5) is 5.82 Å². The minimum absolute atomic E-state index is 0.277. The number of nitrogens with one attached hydrogen (secondary N) is 1. The van der Waals surface area contributed by atoms with Crippen molar-refractivity contribution in [3.05, 3.63) is 11.9 Å². The van der Waals surface area contributed by atoms with Crippen LogP contribution in [0.1, 0.15) is 38.4 Å². The van der Waals surface area contributed by atoms with Crippen LogP contribution < -0.4 is 16.0 Å². The van der Waals surface area contributed by atoms with Gasteiger partial charge in [-0.1, -0.05) is 13.3 Å². The smallest absolute Gasteiger partial charge is 0.219 e. The average molecular weight is 236 g/mol. The van der Waals surface area contributed by atoms with E-state index < -0.39 is 0 Å². The number of nitrogens with zero attached hydrogens (tertiary/aromatic N) is 2. The van der Waals surface area contributed by atoms with E-state index in [-0.39, 0.29) is 6.10 Å². The third-order valence-corrected chi connectivity index (χ3v) is 3.14. The van der Waals surface area contributed by atoms with E-state index in [1.54, 1.807) is 6.07 Å². The molecule has 17 heavy (non-hydrogen) atoms. The van der Waals surface area contributed by atoms with Crippen LogP contribution in [0.15, 0.2) is 6.07 Å². The highest BCUT2D eigenvalue weighted by molar-refractivity contribution is 5.36. The summed E-state index contributed by atoms with van der Waals surface area (Å²) in [7, 11) is 0. The molecule has 1 fully saturated rings. The molecule has 2 unspecified atom stereocenters. The molecule has 5 heteroatoms. The quantitative estimate of drug-likeness (QED) is 0.620. The number of hydrogen-bond acceptors (Lipinski definition) is 5. The average Bonchev–Trinajstić information content (AvgIpc) is 2.28. The Hall–Kier alpha value is -1.36. The SMILES string of the molecule is Cc1nc(NN)cc(OC2CCCC(C)C2)n1.